The van der Waals surface area contributed by atoms with Crippen LogP contribution in [0.3, 0.4) is 0 Å². The summed E-state index contributed by atoms with van der Waals surface area (Å²) >= 11 is 2.01. The molecule has 1 saturated heterocycles. The second-order valence-corrected chi connectivity index (χ2v) is 9.89. The fourth-order valence-corrected chi connectivity index (χ4v) is 4.33. The zero-order chi connectivity index (χ0) is 16.9. The molecule has 1 aliphatic heterocycles. The van der Waals surface area contributed by atoms with E-state index in [9.17, 15) is 0 Å². The number of piperazine rings is 1. The Morgan fingerprint density at radius 2 is 1.74 bits per heavy atom. The molecule has 0 bridgehead atoms. The van der Waals surface area contributed by atoms with Gasteiger partial charge in [-0.25, -0.2) is 0 Å². The first kappa shape index (κ1) is 18.8. The van der Waals surface area contributed by atoms with Gasteiger partial charge in [0.05, 0.1) is 0 Å². The van der Waals surface area contributed by atoms with Gasteiger partial charge in [-0.2, -0.15) is 0 Å². The van der Waals surface area contributed by atoms with Gasteiger partial charge in [0.25, 0.3) is 0 Å². The lowest BCUT2D eigenvalue weighted by atomic mass is 9.95. The average molecular weight is 335 g/mol. The smallest absolute Gasteiger partial charge is 0.0360 e. The quantitative estimate of drug-likeness (QED) is 0.740. The van der Waals surface area contributed by atoms with Crippen LogP contribution in [0.4, 0.5) is 0 Å². The minimum absolute atomic E-state index is 0.252. The molecule has 0 saturated carbocycles. The lowest BCUT2D eigenvalue weighted by Gasteiger charge is -2.37. The van der Waals surface area contributed by atoms with Crippen LogP contribution in [0, 0.1) is 5.92 Å². The summed E-state index contributed by atoms with van der Waals surface area (Å²) in [4.78, 5) is 4.16. The van der Waals surface area contributed by atoms with Crippen LogP contribution in [0.5, 0.6) is 0 Å². The van der Waals surface area contributed by atoms with E-state index >= 15 is 0 Å². The van der Waals surface area contributed by atoms with Crippen molar-refractivity contribution >= 4 is 11.8 Å². The van der Waals surface area contributed by atoms with Crippen molar-refractivity contribution in [2.24, 2.45) is 5.92 Å². The molecular weight excluding hydrogens is 300 g/mol. The first-order valence-corrected chi connectivity index (χ1v) is 9.91. The molecule has 0 radical (unpaired) electrons. The predicted octanol–water partition coefficient (Wildman–Crippen LogP) is 4.96. The summed E-state index contributed by atoms with van der Waals surface area (Å²) in [5.74, 6) is 0.767. The summed E-state index contributed by atoms with van der Waals surface area (Å²) in [5.41, 5.74) is 1.54. The van der Waals surface area contributed by atoms with Gasteiger partial charge in [-0.3, -0.25) is 4.90 Å². The highest BCUT2D eigenvalue weighted by Gasteiger charge is 2.25. The molecule has 1 fully saturated rings. The normalized spacial score (nSPS) is 18.3. The maximum absolute atomic E-state index is 3.49. The topological polar surface area (TPSA) is 15.3 Å². The molecule has 1 atom stereocenters. The molecule has 1 aliphatic rings. The van der Waals surface area contributed by atoms with Crippen molar-refractivity contribution < 1.29 is 0 Å². The molecule has 0 spiro atoms. The Balaban J connectivity index is 2.26. The van der Waals surface area contributed by atoms with E-state index in [-0.39, 0.29) is 4.75 Å². The summed E-state index contributed by atoms with van der Waals surface area (Å²) in [6.07, 6.45) is 2.56. The summed E-state index contributed by atoms with van der Waals surface area (Å²) in [7, 11) is 0. The fraction of sp³-hybridized carbons (Fsp3) is 0.700. The largest absolute Gasteiger partial charge is 0.314 e. The molecule has 1 aromatic rings. The number of thioether (sulfide) groups is 1. The van der Waals surface area contributed by atoms with E-state index in [0.717, 1.165) is 32.1 Å². The number of nitrogens with zero attached hydrogens (tertiary/aromatic N) is 1. The minimum atomic E-state index is 0.252. The predicted molar refractivity (Wildman–Crippen MR) is 103 cm³/mol. The Hall–Kier alpha value is -0.510. The van der Waals surface area contributed by atoms with Gasteiger partial charge >= 0.3 is 0 Å². The van der Waals surface area contributed by atoms with E-state index in [0.29, 0.717) is 6.04 Å². The third-order valence-corrected chi connectivity index (χ3v) is 5.51. The third-order valence-electron chi connectivity index (χ3n) is 4.30. The van der Waals surface area contributed by atoms with Crippen LogP contribution in [0.15, 0.2) is 29.2 Å². The minimum Gasteiger partial charge on any atom is -0.314 e. The summed E-state index contributed by atoms with van der Waals surface area (Å²) in [5, 5.41) is 3.49. The molecule has 0 amide bonds. The van der Waals surface area contributed by atoms with Gasteiger partial charge in [0.2, 0.25) is 0 Å². The first-order valence-electron chi connectivity index (χ1n) is 9.09. The number of hydrogen-bond donors (Lipinski definition) is 1. The van der Waals surface area contributed by atoms with Crippen LogP contribution in [-0.2, 0) is 0 Å². The van der Waals surface area contributed by atoms with Gasteiger partial charge in [-0.1, -0.05) is 52.8 Å². The number of rotatable bonds is 6. The highest BCUT2D eigenvalue weighted by molar-refractivity contribution is 8.00. The monoisotopic (exact) mass is 334 g/mol. The standard InChI is InChI=1S/C20H34N2S/c1-16(2)10-11-18(22-14-12-21-13-15-22)17-8-6-7-9-19(17)23-20(3,4)5/h6-9,16,18,21H,10-15H2,1-5H3/t18-/m1/s1. The molecule has 1 heterocycles. The highest BCUT2D eigenvalue weighted by Crippen LogP contribution is 2.39. The van der Waals surface area contributed by atoms with Gasteiger partial charge < -0.3 is 5.32 Å². The average Bonchev–Trinajstić information content (AvgIpc) is 2.48. The van der Waals surface area contributed by atoms with Crippen LogP contribution in [0.25, 0.3) is 0 Å². The van der Waals surface area contributed by atoms with Crippen LogP contribution in [0.2, 0.25) is 0 Å². The van der Waals surface area contributed by atoms with Crippen molar-refractivity contribution in [3.8, 4) is 0 Å². The van der Waals surface area contributed by atoms with Crippen molar-refractivity contribution in [2.45, 2.75) is 63.1 Å². The van der Waals surface area contributed by atoms with E-state index in [1.54, 1.807) is 0 Å². The molecule has 23 heavy (non-hydrogen) atoms. The molecule has 2 nitrogen and oxygen atoms in total. The van der Waals surface area contributed by atoms with E-state index in [2.05, 4.69) is 69.1 Å². The second-order valence-electron chi connectivity index (χ2n) is 8.03. The summed E-state index contributed by atoms with van der Waals surface area (Å²) < 4.78 is 0.252. The van der Waals surface area contributed by atoms with Gasteiger partial charge in [0.1, 0.15) is 0 Å². The van der Waals surface area contributed by atoms with E-state index in [1.165, 1.54) is 23.3 Å². The van der Waals surface area contributed by atoms with E-state index in [4.69, 9.17) is 0 Å². The molecule has 0 aliphatic carbocycles. The SMILES string of the molecule is CC(C)CC[C@H](c1ccccc1SC(C)(C)C)N1CCNCC1. The molecule has 1 aromatic carbocycles. The van der Waals surface area contributed by atoms with Crippen molar-refractivity contribution in [2.75, 3.05) is 26.2 Å². The molecular formula is C20H34N2S. The highest BCUT2D eigenvalue weighted by atomic mass is 32.2. The van der Waals surface area contributed by atoms with Gasteiger partial charge in [0, 0.05) is 41.9 Å². The van der Waals surface area contributed by atoms with Gasteiger partial charge in [0.15, 0.2) is 0 Å². The van der Waals surface area contributed by atoms with Gasteiger partial charge in [-0.15, -0.1) is 11.8 Å². The Morgan fingerprint density at radius 3 is 2.35 bits per heavy atom. The van der Waals surface area contributed by atoms with Crippen LogP contribution in [-0.4, -0.2) is 35.8 Å². The van der Waals surface area contributed by atoms with Gasteiger partial charge in [-0.05, 0) is 30.4 Å². The maximum Gasteiger partial charge on any atom is 0.0360 e. The molecule has 130 valence electrons. The van der Waals surface area contributed by atoms with Crippen molar-refractivity contribution in [3.05, 3.63) is 29.8 Å². The maximum atomic E-state index is 3.49. The number of hydrogen-bond acceptors (Lipinski definition) is 3. The lowest BCUT2D eigenvalue weighted by molar-refractivity contribution is 0.158. The fourth-order valence-electron chi connectivity index (χ4n) is 3.20. The number of benzene rings is 1. The third kappa shape index (κ3) is 6.13. The Kier molecular flexibility index (Phi) is 7.00. The van der Waals surface area contributed by atoms with E-state index in [1.807, 2.05) is 11.8 Å². The Morgan fingerprint density at radius 1 is 1.09 bits per heavy atom. The Bertz CT molecular complexity index is 473. The van der Waals surface area contributed by atoms with Crippen LogP contribution >= 0.6 is 11.8 Å². The van der Waals surface area contributed by atoms with E-state index < -0.39 is 0 Å². The second kappa shape index (κ2) is 8.55. The molecule has 2 rings (SSSR count). The first-order chi connectivity index (χ1) is 10.9. The van der Waals surface area contributed by atoms with Crippen molar-refractivity contribution in [1.29, 1.82) is 0 Å². The molecule has 1 N–H and O–H groups in total. The van der Waals surface area contributed by atoms with Crippen LogP contribution in [0.1, 0.15) is 59.1 Å². The van der Waals surface area contributed by atoms with Crippen LogP contribution < -0.4 is 5.32 Å². The summed E-state index contributed by atoms with van der Waals surface area (Å²) in [6, 6.07) is 9.64. The zero-order valence-electron chi connectivity index (χ0n) is 15.6. The molecule has 0 unspecified atom stereocenters. The molecule has 3 heteroatoms. The zero-order valence-corrected chi connectivity index (χ0v) is 16.4. The molecule has 0 aromatic heterocycles. The van der Waals surface area contributed by atoms with Crippen molar-refractivity contribution in [3.63, 3.8) is 0 Å². The lowest BCUT2D eigenvalue weighted by Crippen LogP contribution is -2.45. The van der Waals surface area contributed by atoms with Crippen molar-refractivity contribution in [1.82, 2.24) is 10.2 Å². The number of nitrogens with one attached hydrogen (secondary N) is 1. The summed E-state index contributed by atoms with van der Waals surface area (Å²) in [6.45, 7) is 16.2. The Labute approximate surface area is 147 Å².